The monoisotopic (exact) mass is 870 g/mol. The third-order valence-electron chi connectivity index (χ3n) is 9.56. The Morgan fingerprint density at radius 1 is 0.475 bits per heavy atom. The molecule has 0 aromatic carbocycles. The van der Waals surface area contributed by atoms with Crippen molar-refractivity contribution in [2.75, 3.05) is 13.2 Å². The fourth-order valence-electron chi connectivity index (χ4n) is 6.00. The van der Waals surface area contributed by atoms with Gasteiger partial charge in [0.25, 0.3) is 0 Å². The Bertz CT molecular complexity index is 1490. The van der Waals surface area contributed by atoms with Crippen LogP contribution in [0.2, 0.25) is 0 Å². The summed E-state index contributed by atoms with van der Waals surface area (Å²) in [6.07, 6.45) is 1.21. The molecule has 20 nitrogen and oxygen atoms in total. The zero-order chi connectivity index (χ0) is 47.3. The summed E-state index contributed by atoms with van der Waals surface area (Å²) < 4.78 is 0. The molecule has 9 atom stereocenters. The second kappa shape index (κ2) is 27.9. The van der Waals surface area contributed by atoms with Gasteiger partial charge in [-0.15, -0.1) is 0 Å². The normalized spacial score (nSPS) is 15.8. The van der Waals surface area contributed by atoms with Gasteiger partial charge in [-0.1, -0.05) is 75.7 Å². The fourth-order valence-corrected chi connectivity index (χ4v) is 6.00. The average molecular weight is 870 g/mol. The van der Waals surface area contributed by atoms with Gasteiger partial charge in [-0.25, -0.2) is 4.79 Å². The third-order valence-corrected chi connectivity index (χ3v) is 9.56. The summed E-state index contributed by atoms with van der Waals surface area (Å²) in [5.41, 5.74) is 5.66. The molecule has 0 aliphatic rings. The molecule has 0 fully saturated rings. The van der Waals surface area contributed by atoms with Gasteiger partial charge in [0.1, 0.15) is 42.3 Å². The number of rotatable bonds is 28. The van der Waals surface area contributed by atoms with Gasteiger partial charge in [-0.3, -0.25) is 38.4 Å². The molecule has 350 valence electrons. The van der Waals surface area contributed by atoms with E-state index in [0.29, 0.717) is 6.42 Å². The lowest BCUT2D eigenvalue weighted by Gasteiger charge is -2.28. The maximum absolute atomic E-state index is 13.5. The van der Waals surface area contributed by atoms with Crippen LogP contribution in [0, 0.1) is 29.6 Å². The van der Waals surface area contributed by atoms with Crippen molar-refractivity contribution >= 4 is 53.2 Å². The molecule has 12 N–H and O–H groups in total. The van der Waals surface area contributed by atoms with Gasteiger partial charge < -0.3 is 58.5 Å². The Morgan fingerprint density at radius 2 is 0.869 bits per heavy atom. The topological polar surface area (TPSA) is 316 Å². The molecular formula is C41H75N9O11. The molecule has 0 unspecified atom stereocenters. The summed E-state index contributed by atoms with van der Waals surface area (Å²) in [6, 6.07) is -9.19. The number of hydrogen-bond acceptors (Lipinski definition) is 11. The van der Waals surface area contributed by atoms with Crippen molar-refractivity contribution in [3.63, 3.8) is 0 Å². The van der Waals surface area contributed by atoms with Crippen LogP contribution in [0.5, 0.6) is 0 Å². The van der Waals surface area contributed by atoms with E-state index in [1.54, 1.807) is 13.8 Å². The first-order chi connectivity index (χ1) is 28.2. The second-order valence-electron chi connectivity index (χ2n) is 17.5. The number of carbonyl (C=O) groups excluding carboxylic acids is 8. The van der Waals surface area contributed by atoms with Crippen molar-refractivity contribution in [2.24, 2.45) is 35.3 Å². The average Bonchev–Trinajstić information content (AvgIpc) is 3.15. The number of carbonyl (C=O) groups is 9. The van der Waals surface area contributed by atoms with Crippen LogP contribution in [0.25, 0.3) is 0 Å². The number of carboxylic acid groups (broad SMARTS) is 1. The molecule has 61 heavy (non-hydrogen) atoms. The Kier molecular flexibility index (Phi) is 25.7. The first-order valence-electron chi connectivity index (χ1n) is 21.2. The molecule has 0 aliphatic heterocycles. The van der Waals surface area contributed by atoms with E-state index in [1.165, 1.54) is 13.8 Å². The van der Waals surface area contributed by atoms with E-state index in [1.807, 2.05) is 55.4 Å². The van der Waals surface area contributed by atoms with Gasteiger partial charge in [0.15, 0.2) is 0 Å². The van der Waals surface area contributed by atoms with Crippen LogP contribution in [0.4, 0.5) is 0 Å². The van der Waals surface area contributed by atoms with Crippen molar-refractivity contribution in [3.05, 3.63) is 0 Å². The first kappa shape index (κ1) is 56.1. The van der Waals surface area contributed by atoms with Gasteiger partial charge in [0.2, 0.25) is 47.3 Å². The Labute approximate surface area is 360 Å². The SMILES string of the molecule is CC[C@H](C)[C@H](NC(=O)[C@H](CO)NC(=O)CNC(=O)[C@H](CC(C)C)NC(=O)[C@H](CC(C)C)NC(=O)[C@H](C)N)C(=O)N[C@@H](C)C(=O)N[C@@H](CC(C)C)C(=O)N[C@@H](CC(C)C)C(=O)O. The van der Waals surface area contributed by atoms with Crippen molar-refractivity contribution < 1.29 is 53.4 Å². The third kappa shape index (κ3) is 22.0. The standard InChI is InChI=1S/C41H75N9O11/c1-13-24(10)33(40(59)44-26(12)35(54)47-29(16-22(6)7)38(57)49-30(41(60)61)17-23(8)9)50-39(58)31(19-51)45-32(52)18-43-36(55)27(14-20(2)3)48-37(56)28(15-21(4)5)46-34(53)25(11)42/h20-31,33,51H,13-19,42H2,1-12H3,(H,43,55)(H,44,59)(H,45,52)(H,46,53)(H,47,54)(H,48,56)(H,49,57)(H,50,58)(H,60,61)/t24-,25-,26-,27-,28-,29-,30-,31-,33-/m0/s1. The van der Waals surface area contributed by atoms with E-state index in [2.05, 4.69) is 42.5 Å². The molecule has 0 saturated heterocycles. The maximum atomic E-state index is 13.5. The molecule has 0 heterocycles. The summed E-state index contributed by atoms with van der Waals surface area (Å²) in [7, 11) is 0. The maximum Gasteiger partial charge on any atom is 0.326 e. The molecule has 0 aromatic heterocycles. The minimum atomic E-state index is -1.55. The smallest absolute Gasteiger partial charge is 0.326 e. The van der Waals surface area contributed by atoms with Crippen molar-refractivity contribution in [3.8, 4) is 0 Å². The van der Waals surface area contributed by atoms with Crippen LogP contribution in [0.3, 0.4) is 0 Å². The van der Waals surface area contributed by atoms with Gasteiger partial charge in [-0.2, -0.15) is 0 Å². The number of aliphatic carboxylic acids is 1. The Morgan fingerprint density at radius 3 is 1.28 bits per heavy atom. The number of nitrogens with two attached hydrogens (primary N) is 1. The van der Waals surface area contributed by atoms with Crippen LogP contribution < -0.4 is 48.3 Å². The molecule has 0 radical (unpaired) electrons. The summed E-state index contributed by atoms with van der Waals surface area (Å²) >= 11 is 0. The van der Waals surface area contributed by atoms with Gasteiger partial charge in [0.05, 0.1) is 19.2 Å². The van der Waals surface area contributed by atoms with Gasteiger partial charge in [0, 0.05) is 0 Å². The zero-order valence-corrected chi connectivity index (χ0v) is 38.1. The molecule has 8 amide bonds. The Balaban J connectivity index is 5.75. The van der Waals surface area contributed by atoms with Gasteiger partial charge in [-0.05, 0) is 69.1 Å². The minimum absolute atomic E-state index is 0.0116. The minimum Gasteiger partial charge on any atom is -0.480 e. The van der Waals surface area contributed by atoms with E-state index in [4.69, 9.17) is 5.73 Å². The second-order valence-corrected chi connectivity index (χ2v) is 17.5. The first-order valence-corrected chi connectivity index (χ1v) is 21.2. The highest BCUT2D eigenvalue weighted by Crippen LogP contribution is 2.12. The van der Waals surface area contributed by atoms with Gasteiger partial charge >= 0.3 is 5.97 Å². The summed E-state index contributed by atoms with van der Waals surface area (Å²) in [6.45, 7) is 19.4. The van der Waals surface area contributed by atoms with Crippen LogP contribution in [-0.4, -0.2) is 125 Å². The molecule has 0 bridgehead atoms. The number of aliphatic hydroxyl groups is 1. The lowest BCUT2D eigenvalue weighted by Crippen LogP contribution is -2.60. The van der Waals surface area contributed by atoms with Crippen molar-refractivity contribution in [2.45, 2.75) is 164 Å². The number of hydrogen-bond donors (Lipinski definition) is 11. The Hall–Kier alpha value is -4.85. The highest BCUT2D eigenvalue weighted by Gasteiger charge is 2.34. The number of aliphatic hydroxyl groups excluding tert-OH is 1. The lowest BCUT2D eigenvalue weighted by atomic mass is 9.97. The van der Waals surface area contributed by atoms with E-state index >= 15 is 0 Å². The van der Waals surface area contributed by atoms with Crippen LogP contribution in [0.15, 0.2) is 0 Å². The number of nitrogens with one attached hydrogen (secondary N) is 8. The molecule has 0 aliphatic carbocycles. The van der Waals surface area contributed by atoms with E-state index in [-0.39, 0.29) is 49.4 Å². The van der Waals surface area contributed by atoms with Crippen molar-refractivity contribution in [1.82, 2.24) is 42.5 Å². The van der Waals surface area contributed by atoms with E-state index in [0.717, 1.165) is 0 Å². The zero-order valence-electron chi connectivity index (χ0n) is 38.1. The summed E-state index contributed by atoms with van der Waals surface area (Å²) in [5, 5.41) is 39.8. The van der Waals surface area contributed by atoms with Crippen LogP contribution in [0.1, 0.15) is 115 Å². The highest BCUT2D eigenvalue weighted by atomic mass is 16.4. The lowest BCUT2D eigenvalue weighted by molar-refractivity contribution is -0.143. The predicted octanol–water partition coefficient (Wildman–Crippen LogP) is -0.829. The largest absolute Gasteiger partial charge is 0.480 e. The van der Waals surface area contributed by atoms with Crippen LogP contribution >= 0.6 is 0 Å². The predicted molar refractivity (Wildman–Crippen MR) is 228 cm³/mol. The quantitative estimate of drug-likeness (QED) is 0.0459. The highest BCUT2D eigenvalue weighted by molar-refractivity contribution is 5.97. The number of amides is 8. The van der Waals surface area contributed by atoms with E-state index in [9.17, 15) is 53.4 Å². The summed E-state index contributed by atoms with van der Waals surface area (Å²) in [5.74, 6) is -7.70. The molecule has 0 spiro atoms. The van der Waals surface area contributed by atoms with E-state index < -0.39 is 121 Å². The molecule has 20 heteroatoms. The fraction of sp³-hybridized carbons (Fsp3) is 0.780. The van der Waals surface area contributed by atoms with Crippen LogP contribution in [-0.2, 0) is 43.2 Å². The molecule has 0 aromatic rings. The summed E-state index contributed by atoms with van der Waals surface area (Å²) in [4.78, 5) is 117. The molecule has 0 rings (SSSR count). The van der Waals surface area contributed by atoms with Crippen molar-refractivity contribution in [1.29, 1.82) is 0 Å². The molecular weight excluding hydrogens is 795 g/mol. The number of carboxylic acids is 1. The molecule has 0 saturated carbocycles.